The third-order valence-electron chi connectivity index (χ3n) is 5.47. The van der Waals surface area contributed by atoms with Gasteiger partial charge in [-0.3, -0.25) is 9.36 Å². The Morgan fingerprint density at radius 2 is 1.91 bits per heavy atom. The summed E-state index contributed by atoms with van der Waals surface area (Å²) in [6.45, 7) is 0. The van der Waals surface area contributed by atoms with Gasteiger partial charge in [-0.1, -0.05) is 12.1 Å². The molecule has 0 aliphatic rings. The van der Waals surface area contributed by atoms with Gasteiger partial charge in [0.25, 0.3) is 5.91 Å². The molecule has 3 N–H and O–H groups in total. The molecule has 1 amide bonds. The molecule has 0 radical (unpaired) electrons. The van der Waals surface area contributed by atoms with Crippen molar-refractivity contribution in [2.45, 2.75) is 6.42 Å². The van der Waals surface area contributed by atoms with E-state index in [1.54, 1.807) is 26.3 Å². The quantitative estimate of drug-likeness (QED) is 0.401. The summed E-state index contributed by atoms with van der Waals surface area (Å²) >= 11 is 0. The van der Waals surface area contributed by atoms with E-state index in [9.17, 15) is 9.59 Å². The second kappa shape index (κ2) is 7.73. The lowest BCUT2D eigenvalue weighted by Gasteiger charge is -2.11. The van der Waals surface area contributed by atoms with Gasteiger partial charge in [0.1, 0.15) is 11.6 Å². The highest BCUT2D eigenvalue weighted by Gasteiger charge is 2.16. The summed E-state index contributed by atoms with van der Waals surface area (Å²) in [6.07, 6.45) is 0.558. The van der Waals surface area contributed by atoms with Crippen LogP contribution in [0.15, 0.2) is 65.5 Å². The summed E-state index contributed by atoms with van der Waals surface area (Å²) in [5.74, 6) is 1.42. The van der Waals surface area contributed by atoms with Crippen LogP contribution >= 0.6 is 0 Å². The first-order valence-electron chi connectivity index (χ1n) is 10.1. The number of methoxy groups -OCH3 is 1. The number of carbonyl (C=O) groups excluding carboxylic acids is 1. The van der Waals surface area contributed by atoms with Crippen LogP contribution in [0.4, 0.5) is 0 Å². The first kappa shape index (κ1) is 19.6. The van der Waals surface area contributed by atoms with Gasteiger partial charge in [-0.15, -0.1) is 0 Å². The molecule has 0 saturated carbocycles. The zero-order valence-corrected chi connectivity index (χ0v) is 17.6. The maximum atomic E-state index is 12.1. The van der Waals surface area contributed by atoms with E-state index in [0.29, 0.717) is 23.0 Å². The Kier molecular flexibility index (Phi) is 4.74. The fourth-order valence-corrected chi connectivity index (χ4v) is 3.95. The van der Waals surface area contributed by atoms with Gasteiger partial charge < -0.3 is 20.0 Å². The molecular weight excluding hydrogens is 406 g/mol. The Balaban J connectivity index is 1.70. The molecule has 0 fully saturated rings. The van der Waals surface area contributed by atoms with E-state index < -0.39 is 0 Å². The van der Waals surface area contributed by atoms with Crippen LogP contribution in [0.2, 0.25) is 0 Å². The van der Waals surface area contributed by atoms with E-state index in [2.05, 4.69) is 15.3 Å². The lowest BCUT2D eigenvalue weighted by molar-refractivity contribution is 0.0963. The second-order valence-electron chi connectivity index (χ2n) is 7.48. The summed E-state index contributed by atoms with van der Waals surface area (Å²) in [5, 5.41) is 2.65. The molecule has 0 unspecified atom stereocenters. The van der Waals surface area contributed by atoms with Gasteiger partial charge in [0.15, 0.2) is 0 Å². The number of carbonyl (C=O) groups is 1. The summed E-state index contributed by atoms with van der Waals surface area (Å²) in [5.41, 5.74) is 5.23. The first-order valence-corrected chi connectivity index (χ1v) is 10.1. The van der Waals surface area contributed by atoms with Crippen molar-refractivity contribution in [2.75, 3.05) is 14.2 Å². The van der Waals surface area contributed by atoms with Crippen LogP contribution in [-0.4, -0.2) is 39.6 Å². The van der Waals surface area contributed by atoms with E-state index >= 15 is 0 Å². The van der Waals surface area contributed by atoms with Crippen molar-refractivity contribution in [1.82, 2.24) is 24.8 Å². The molecule has 5 aromatic rings. The predicted octanol–water partition coefficient (Wildman–Crippen LogP) is 3.15. The molecule has 0 aliphatic carbocycles. The molecule has 0 saturated heterocycles. The number of aromatic nitrogens is 4. The zero-order chi connectivity index (χ0) is 22.2. The molecule has 3 aromatic carbocycles. The standard InChI is InChI=1S/C24H21N5O3/c1-25-23(30)15-6-9-21-20(12-15)26-22(11-14-4-3-5-17(10-14)32-2)29(21)16-7-8-18-19(13-16)28-24(31)27-18/h3-10,12-13H,11H2,1-2H3,(H,25,30)(H2,27,28,31). The minimum Gasteiger partial charge on any atom is -0.497 e. The van der Waals surface area contributed by atoms with Crippen LogP contribution in [0.5, 0.6) is 5.75 Å². The number of amides is 1. The van der Waals surface area contributed by atoms with Crippen molar-refractivity contribution in [3.63, 3.8) is 0 Å². The van der Waals surface area contributed by atoms with E-state index in [4.69, 9.17) is 9.72 Å². The molecule has 160 valence electrons. The molecule has 32 heavy (non-hydrogen) atoms. The van der Waals surface area contributed by atoms with Gasteiger partial charge in [0, 0.05) is 24.7 Å². The number of benzene rings is 3. The normalized spacial score (nSPS) is 11.2. The van der Waals surface area contributed by atoms with Crippen LogP contribution in [0.1, 0.15) is 21.7 Å². The molecule has 2 heterocycles. The molecule has 8 heteroatoms. The molecule has 5 rings (SSSR count). The van der Waals surface area contributed by atoms with Gasteiger partial charge in [-0.2, -0.15) is 0 Å². The Morgan fingerprint density at radius 1 is 1.06 bits per heavy atom. The number of fused-ring (bicyclic) bond motifs is 2. The van der Waals surface area contributed by atoms with E-state index in [1.807, 2.05) is 53.1 Å². The molecule has 0 spiro atoms. The Bertz CT molecular complexity index is 1530. The van der Waals surface area contributed by atoms with Crippen LogP contribution < -0.4 is 15.7 Å². The number of hydrogen-bond donors (Lipinski definition) is 3. The van der Waals surface area contributed by atoms with Crippen molar-refractivity contribution >= 4 is 28.0 Å². The summed E-state index contributed by atoms with van der Waals surface area (Å²) in [4.78, 5) is 34.3. The fraction of sp³-hybridized carbons (Fsp3) is 0.125. The number of rotatable bonds is 5. The van der Waals surface area contributed by atoms with Gasteiger partial charge in [-0.25, -0.2) is 9.78 Å². The van der Waals surface area contributed by atoms with E-state index in [0.717, 1.165) is 33.9 Å². The van der Waals surface area contributed by atoms with Crippen LogP contribution in [0, 0.1) is 0 Å². The second-order valence-corrected chi connectivity index (χ2v) is 7.48. The Morgan fingerprint density at radius 3 is 2.72 bits per heavy atom. The molecule has 0 aliphatic heterocycles. The van der Waals surface area contributed by atoms with Crippen molar-refractivity contribution < 1.29 is 9.53 Å². The maximum Gasteiger partial charge on any atom is 0.323 e. The number of H-pyrrole nitrogens is 2. The molecule has 8 nitrogen and oxygen atoms in total. The predicted molar refractivity (Wildman–Crippen MR) is 123 cm³/mol. The maximum absolute atomic E-state index is 12.1. The Labute approximate surface area is 182 Å². The number of nitrogens with zero attached hydrogens (tertiary/aromatic N) is 2. The summed E-state index contributed by atoms with van der Waals surface area (Å²) in [6, 6.07) is 19.0. The minimum absolute atomic E-state index is 0.165. The highest BCUT2D eigenvalue weighted by atomic mass is 16.5. The number of hydrogen-bond acceptors (Lipinski definition) is 4. The SMILES string of the molecule is CNC(=O)c1ccc2c(c1)nc(Cc1cccc(OC)c1)n2-c1ccc2[nH]c(=O)[nH]c2c1. The van der Waals surface area contributed by atoms with Gasteiger partial charge in [0.05, 0.1) is 29.2 Å². The fourth-order valence-electron chi connectivity index (χ4n) is 3.95. The van der Waals surface area contributed by atoms with E-state index in [1.165, 1.54) is 0 Å². The topological polar surface area (TPSA) is 105 Å². The number of ether oxygens (including phenoxy) is 1. The third kappa shape index (κ3) is 3.41. The lowest BCUT2D eigenvalue weighted by atomic mass is 10.1. The van der Waals surface area contributed by atoms with Crippen molar-refractivity contribution in [3.05, 3.63) is 88.1 Å². The summed E-state index contributed by atoms with van der Waals surface area (Å²) < 4.78 is 7.41. The number of aromatic amines is 2. The highest BCUT2D eigenvalue weighted by molar-refractivity contribution is 5.97. The largest absolute Gasteiger partial charge is 0.497 e. The highest BCUT2D eigenvalue weighted by Crippen LogP contribution is 2.26. The van der Waals surface area contributed by atoms with Crippen molar-refractivity contribution in [1.29, 1.82) is 0 Å². The zero-order valence-electron chi connectivity index (χ0n) is 17.6. The van der Waals surface area contributed by atoms with E-state index in [-0.39, 0.29) is 11.6 Å². The minimum atomic E-state index is -0.250. The van der Waals surface area contributed by atoms with Crippen molar-refractivity contribution in [2.24, 2.45) is 0 Å². The lowest BCUT2D eigenvalue weighted by Crippen LogP contribution is -2.17. The van der Waals surface area contributed by atoms with Gasteiger partial charge in [-0.05, 0) is 54.1 Å². The van der Waals surface area contributed by atoms with Crippen molar-refractivity contribution in [3.8, 4) is 11.4 Å². The molecule has 0 bridgehead atoms. The smallest absolute Gasteiger partial charge is 0.323 e. The summed E-state index contributed by atoms with van der Waals surface area (Å²) in [7, 11) is 3.24. The van der Waals surface area contributed by atoms with Crippen LogP contribution in [0.25, 0.3) is 27.8 Å². The van der Waals surface area contributed by atoms with Gasteiger partial charge in [0.2, 0.25) is 0 Å². The average molecular weight is 427 g/mol. The number of nitrogens with one attached hydrogen (secondary N) is 3. The number of imidazole rings is 2. The third-order valence-corrected chi connectivity index (χ3v) is 5.47. The van der Waals surface area contributed by atoms with Gasteiger partial charge >= 0.3 is 5.69 Å². The molecule has 2 aromatic heterocycles. The molecule has 0 atom stereocenters. The first-order chi connectivity index (χ1) is 15.6. The average Bonchev–Trinajstić information content (AvgIpc) is 3.36. The molecular formula is C24H21N5O3. The van der Waals surface area contributed by atoms with Crippen LogP contribution in [0.3, 0.4) is 0 Å². The monoisotopic (exact) mass is 427 g/mol. The van der Waals surface area contributed by atoms with Crippen LogP contribution in [-0.2, 0) is 6.42 Å². The Hall–Kier alpha value is -4.33.